The van der Waals surface area contributed by atoms with Gasteiger partial charge >= 0.3 is 0 Å². The molecule has 0 aliphatic heterocycles. The number of aromatic nitrogens is 2. The molecule has 2 rings (SSSR count). The summed E-state index contributed by atoms with van der Waals surface area (Å²) in [5.74, 6) is 0.744. The number of carbonyl (C=O) groups excluding carboxylic acids is 1. The maximum absolute atomic E-state index is 12.1. The molecule has 4 nitrogen and oxygen atoms in total. The van der Waals surface area contributed by atoms with Crippen LogP contribution in [0.15, 0.2) is 6.07 Å². The second-order valence-corrected chi connectivity index (χ2v) is 5.01. The third kappa shape index (κ3) is 2.26. The molecule has 0 atom stereocenters. The van der Waals surface area contributed by atoms with E-state index in [-0.39, 0.29) is 11.3 Å². The molecule has 1 heterocycles. The van der Waals surface area contributed by atoms with Crippen LogP contribution < -0.4 is 5.32 Å². The van der Waals surface area contributed by atoms with Gasteiger partial charge in [-0.05, 0) is 19.8 Å². The Morgan fingerprint density at radius 3 is 2.69 bits per heavy atom. The van der Waals surface area contributed by atoms with Gasteiger partial charge in [0.25, 0.3) is 0 Å². The number of H-pyrrole nitrogens is 1. The molecule has 0 aromatic carbocycles. The van der Waals surface area contributed by atoms with Crippen LogP contribution in [0.3, 0.4) is 0 Å². The monoisotopic (exact) mass is 221 g/mol. The molecule has 16 heavy (non-hydrogen) atoms. The van der Waals surface area contributed by atoms with E-state index >= 15 is 0 Å². The molecule has 1 aromatic rings. The van der Waals surface area contributed by atoms with Crippen molar-refractivity contribution in [2.75, 3.05) is 5.32 Å². The number of rotatable bonds is 2. The molecule has 1 aromatic heterocycles. The Hall–Kier alpha value is -1.32. The molecule has 0 unspecified atom stereocenters. The Kier molecular flexibility index (Phi) is 2.99. The van der Waals surface area contributed by atoms with Gasteiger partial charge in [0.1, 0.15) is 0 Å². The standard InChI is InChI=1S/C12H19N3O/c1-9-8-10(15-14-9)13-11(16)12(2)6-4-3-5-7-12/h8H,3-7H2,1-2H3,(H2,13,14,15,16). The van der Waals surface area contributed by atoms with E-state index in [0.717, 1.165) is 31.4 Å². The van der Waals surface area contributed by atoms with Crippen LogP contribution in [0, 0.1) is 12.3 Å². The van der Waals surface area contributed by atoms with Gasteiger partial charge in [-0.3, -0.25) is 9.89 Å². The lowest BCUT2D eigenvalue weighted by atomic mass is 9.75. The molecule has 1 saturated carbocycles. The maximum Gasteiger partial charge on any atom is 0.231 e. The van der Waals surface area contributed by atoms with E-state index in [1.165, 1.54) is 6.42 Å². The summed E-state index contributed by atoms with van der Waals surface area (Å²) in [7, 11) is 0. The fourth-order valence-electron chi connectivity index (χ4n) is 2.31. The van der Waals surface area contributed by atoms with Crippen LogP contribution in [-0.4, -0.2) is 16.1 Å². The first-order valence-electron chi connectivity index (χ1n) is 5.94. The van der Waals surface area contributed by atoms with Gasteiger partial charge in [-0.2, -0.15) is 5.10 Å². The van der Waals surface area contributed by atoms with E-state index in [4.69, 9.17) is 0 Å². The van der Waals surface area contributed by atoms with Crippen molar-refractivity contribution in [3.8, 4) is 0 Å². The first-order valence-corrected chi connectivity index (χ1v) is 5.94. The lowest BCUT2D eigenvalue weighted by molar-refractivity contribution is -0.126. The van der Waals surface area contributed by atoms with Gasteiger partial charge in [0, 0.05) is 17.2 Å². The number of aryl methyl sites for hydroxylation is 1. The minimum Gasteiger partial charge on any atom is -0.309 e. The Morgan fingerprint density at radius 2 is 2.12 bits per heavy atom. The van der Waals surface area contributed by atoms with Crippen LogP contribution in [0.1, 0.15) is 44.7 Å². The summed E-state index contributed by atoms with van der Waals surface area (Å²) in [6.45, 7) is 3.98. The highest BCUT2D eigenvalue weighted by molar-refractivity contribution is 5.94. The summed E-state index contributed by atoms with van der Waals surface area (Å²) in [6, 6.07) is 1.85. The van der Waals surface area contributed by atoms with Gasteiger partial charge in [-0.1, -0.05) is 26.2 Å². The van der Waals surface area contributed by atoms with Gasteiger partial charge < -0.3 is 5.32 Å². The van der Waals surface area contributed by atoms with E-state index in [1.54, 1.807) is 0 Å². The molecule has 0 bridgehead atoms. The van der Waals surface area contributed by atoms with Crippen molar-refractivity contribution in [3.05, 3.63) is 11.8 Å². The molecule has 1 fully saturated rings. The number of nitrogens with zero attached hydrogens (tertiary/aromatic N) is 1. The molecule has 0 saturated heterocycles. The van der Waals surface area contributed by atoms with Crippen molar-refractivity contribution >= 4 is 11.7 Å². The summed E-state index contributed by atoms with van der Waals surface area (Å²) in [5, 5.41) is 9.74. The van der Waals surface area contributed by atoms with Crippen LogP contribution >= 0.6 is 0 Å². The van der Waals surface area contributed by atoms with Crippen molar-refractivity contribution in [2.24, 2.45) is 5.41 Å². The Labute approximate surface area is 95.8 Å². The van der Waals surface area contributed by atoms with E-state index in [0.29, 0.717) is 5.82 Å². The Balaban J connectivity index is 2.01. The average Bonchev–Trinajstić information content (AvgIpc) is 2.65. The fraction of sp³-hybridized carbons (Fsp3) is 0.667. The van der Waals surface area contributed by atoms with Gasteiger partial charge in [-0.25, -0.2) is 0 Å². The van der Waals surface area contributed by atoms with Crippen LogP contribution in [0.4, 0.5) is 5.82 Å². The van der Waals surface area contributed by atoms with Crippen LogP contribution in [0.25, 0.3) is 0 Å². The zero-order valence-corrected chi connectivity index (χ0v) is 9.97. The molecule has 4 heteroatoms. The minimum atomic E-state index is -0.203. The number of nitrogens with one attached hydrogen (secondary N) is 2. The number of anilines is 1. The van der Waals surface area contributed by atoms with Gasteiger partial charge in [0.2, 0.25) is 5.91 Å². The number of carbonyl (C=O) groups is 1. The normalized spacial score (nSPS) is 19.4. The predicted octanol–water partition coefficient (Wildman–Crippen LogP) is 2.63. The quantitative estimate of drug-likeness (QED) is 0.806. The van der Waals surface area contributed by atoms with Crippen molar-refractivity contribution < 1.29 is 4.79 Å². The molecule has 1 amide bonds. The highest BCUT2D eigenvalue weighted by Crippen LogP contribution is 2.36. The molecule has 1 aliphatic carbocycles. The molecule has 0 radical (unpaired) electrons. The summed E-state index contributed by atoms with van der Waals surface area (Å²) in [6.07, 6.45) is 5.54. The number of aromatic amines is 1. The van der Waals surface area contributed by atoms with E-state index in [9.17, 15) is 4.79 Å². The van der Waals surface area contributed by atoms with Gasteiger partial charge in [0.05, 0.1) is 0 Å². The summed E-state index contributed by atoms with van der Waals surface area (Å²) in [4.78, 5) is 12.1. The second kappa shape index (κ2) is 4.28. The van der Waals surface area contributed by atoms with Crippen LogP contribution in [-0.2, 0) is 4.79 Å². The zero-order valence-electron chi connectivity index (χ0n) is 9.97. The molecule has 0 spiro atoms. The van der Waals surface area contributed by atoms with Crippen molar-refractivity contribution in [1.29, 1.82) is 0 Å². The van der Waals surface area contributed by atoms with E-state index in [1.807, 2.05) is 13.0 Å². The third-order valence-electron chi connectivity index (χ3n) is 3.45. The van der Waals surface area contributed by atoms with E-state index < -0.39 is 0 Å². The van der Waals surface area contributed by atoms with Crippen molar-refractivity contribution in [1.82, 2.24) is 10.2 Å². The van der Waals surface area contributed by atoms with Crippen molar-refractivity contribution in [3.63, 3.8) is 0 Å². The number of hydrogen-bond donors (Lipinski definition) is 2. The SMILES string of the molecule is Cc1cc(NC(=O)C2(C)CCCCC2)n[nH]1. The predicted molar refractivity (Wildman–Crippen MR) is 63.1 cm³/mol. The summed E-state index contributed by atoms with van der Waals surface area (Å²) in [5.41, 5.74) is 0.759. The fourth-order valence-corrected chi connectivity index (χ4v) is 2.31. The van der Waals surface area contributed by atoms with Gasteiger partial charge in [-0.15, -0.1) is 0 Å². The lowest BCUT2D eigenvalue weighted by Gasteiger charge is -2.31. The summed E-state index contributed by atoms with van der Waals surface area (Å²) >= 11 is 0. The average molecular weight is 221 g/mol. The molecule has 88 valence electrons. The third-order valence-corrected chi connectivity index (χ3v) is 3.45. The first kappa shape index (κ1) is 11.2. The second-order valence-electron chi connectivity index (χ2n) is 5.01. The maximum atomic E-state index is 12.1. The number of amides is 1. The largest absolute Gasteiger partial charge is 0.309 e. The highest BCUT2D eigenvalue weighted by atomic mass is 16.2. The number of hydrogen-bond acceptors (Lipinski definition) is 2. The zero-order chi connectivity index (χ0) is 11.6. The van der Waals surface area contributed by atoms with Crippen LogP contribution in [0.2, 0.25) is 0 Å². The van der Waals surface area contributed by atoms with E-state index in [2.05, 4.69) is 22.4 Å². The van der Waals surface area contributed by atoms with Crippen LogP contribution in [0.5, 0.6) is 0 Å². The molecular weight excluding hydrogens is 202 g/mol. The topological polar surface area (TPSA) is 57.8 Å². The molecule has 2 N–H and O–H groups in total. The lowest BCUT2D eigenvalue weighted by Crippen LogP contribution is -2.35. The highest BCUT2D eigenvalue weighted by Gasteiger charge is 2.34. The smallest absolute Gasteiger partial charge is 0.231 e. The Bertz CT molecular complexity index is 377. The minimum absolute atomic E-state index is 0.110. The molecular formula is C12H19N3O. The van der Waals surface area contributed by atoms with Crippen molar-refractivity contribution in [2.45, 2.75) is 46.0 Å². The molecule has 1 aliphatic rings. The first-order chi connectivity index (χ1) is 7.60. The van der Waals surface area contributed by atoms with Gasteiger partial charge in [0.15, 0.2) is 5.82 Å². The Morgan fingerprint density at radius 1 is 1.44 bits per heavy atom. The summed E-state index contributed by atoms with van der Waals surface area (Å²) < 4.78 is 0.